The summed E-state index contributed by atoms with van der Waals surface area (Å²) in [5.41, 5.74) is 0.813. The summed E-state index contributed by atoms with van der Waals surface area (Å²) in [4.78, 5) is 13.9. The average molecular weight is 313 g/mol. The molecule has 0 spiro atoms. The molecule has 22 heavy (non-hydrogen) atoms. The summed E-state index contributed by atoms with van der Waals surface area (Å²) in [5.74, 6) is 0.859. The molecule has 3 nitrogen and oxygen atoms in total. The van der Waals surface area contributed by atoms with Crippen molar-refractivity contribution in [3.05, 3.63) is 61.2 Å². The molecule has 0 atom stereocenters. The molecule has 0 heterocycles. The van der Waals surface area contributed by atoms with Crippen molar-refractivity contribution >= 4 is 23.4 Å². The Morgan fingerprint density at radius 2 is 1.73 bits per heavy atom. The minimum absolute atomic E-state index is 0.00968. The fourth-order valence-electron chi connectivity index (χ4n) is 1.84. The number of benzene rings is 2. The topological polar surface area (TPSA) is 38.3 Å². The number of ether oxygens (including phenoxy) is 1. The van der Waals surface area contributed by atoms with E-state index in [4.69, 9.17) is 4.74 Å². The van der Waals surface area contributed by atoms with E-state index >= 15 is 0 Å². The number of rotatable bonds is 7. The highest BCUT2D eigenvalue weighted by Gasteiger charge is 2.02. The number of carbonyl (C=O) groups excluding carboxylic acids is 1. The van der Waals surface area contributed by atoms with E-state index in [2.05, 4.69) is 11.9 Å². The van der Waals surface area contributed by atoms with Crippen LogP contribution in [-0.2, 0) is 4.79 Å². The Morgan fingerprint density at radius 3 is 2.27 bits per heavy atom. The highest BCUT2D eigenvalue weighted by Crippen LogP contribution is 2.29. The Bertz CT molecular complexity index is 621. The normalized spacial score (nSPS) is 10.0. The molecule has 1 N–H and O–H groups in total. The lowest BCUT2D eigenvalue weighted by Gasteiger charge is -2.06. The van der Waals surface area contributed by atoms with E-state index in [1.54, 1.807) is 24.9 Å². The highest BCUT2D eigenvalue weighted by atomic mass is 32.2. The second kappa shape index (κ2) is 8.29. The lowest BCUT2D eigenvalue weighted by Crippen LogP contribution is -2.10. The Kier molecular flexibility index (Phi) is 6.10. The van der Waals surface area contributed by atoms with Crippen LogP contribution in [0.5, 0.6) is 5.75 Å². The molecule has 114 valence electrons. The minimum atomic E-state index is 0.00968. The van der Waals surface area contributed by atoms with Gasteiger partial charge in [0.2, 0.25) is 5.91 Å². The summed E-state index contributed by atoms with van der Waals surface area (Å²) in [6.07, 6.45) is 2.90. The average Bonchev–Trinajstić information content (AvgIpc) is 2.55. The van der Waals surface area contributed by atoms with Gasteiger partial charge in [-0.2, -0.15) is 0 Å². The van der Waals surface area contributed by atoms with E-state index in [0.29, 0.717) is 12.8 Å². The first-order valence-electron chi connectivity index (χ1n) is 7.04. The number of hydrogen-bond donors (Lipinski definition) is 1. The molecule has 0 radical (unpaired) electrons. The smallest absolute Gasteiger partial charge is 0.224 e. The van der Waals surface area contributed by atoms with Crippen LogP contribution >= 0.6 is 11.8 Å². The van der Waals surface area contributed by atoms with Crippen LogP contribution < -0.4 is 10.1 Å². The summed E-state index contributed by atoms with van der Waals surface area (Å²) in [6.45, 7) is 3.61. The van der Waals surface area contributed by atoms with E-state index in [1.165, 1.54) is 0 Å². The molecule has 0 aliphatic rings. The Labute approximate surface area is 135 Å². The first-order chi connectivity index (χ1) is 10.7. The van der Waals surface area contributed by atoms with E-state index in [1.807, 2.05) is 48.5 Å². The van der Waals surface area contributed by atoms with Crippen LogP contribution in [0.15, 0.2) is 71.0 Å². The monoisotopic (exact) mass is 313 g/mol. The third-order valence-electron chi connectivity index (χ3n) is 3.01. The van der Waals surface area contributed by atoms with Crippen LogP contribution in [-0.4, -0.2) is 13.0 Å². The van der Waals surface area contributed by atoms with Crippen molar-refractivity contribution in [1.29, 1.82) is 0 Å². The van der Waals surface area contributed by atoms with E-state index in [9.17, 15) is 4.79 Å². The highest BCUT2D eigenvalue weighted by molar-refractivity contribution is 7.99. The summed E-state index contributed by atoms with van der Waals surface area (Å²) in [6, 6.07) is 15.8. The number of allylic oxidation sites excluding steroid dienone is 1. The van der Waals surface area contributed by atoms with Gasteiger partial charge < -0.3 is 10.1 Å². The van der Waals surface area contributed by atoms with Gasteiger partial charge in [0.15, 0.2) is 0 Å². The number of amides is 1. The predicted molar refractivity (Wildman–Crippen MR) is 91.6 cm³/mol. The summed E-state index contributed by atoms with van der Waals surface area (Å²) in [5, 5.41) is 2.87. The molecule has 0 saturated heterocycles. The molecule has 4 heteroatoms. The molecule has 1 amide bonds. The van der Waals surface area contributed by atoms with Crippen LogP contribution in [0.4, 0.5) is 5.69 Å². The van der Waals surface area contributed by atoms with Gasteiger partial charge in [0.1, 0.15) is 5.75 Å². The van der Waals surface area contributed by atoms with Gasteiger partial charge in [-0.3, -0.25) is 4.79 Å². The fraction of sp³-hybridized carbons (Fsp3) is 0.167. The van der Waals surface area contributed by atoms with Crippen LogP contribution in [0.25, 0.3) is 0 Å². The van der Waals surface area contributed by atoms with Gasteiger partial charge in [0, 0.05) is 21.9 Å². The number of carbonyl (C=O) groups is 1. The van der Waals surface area contributed by atoms with Gasteiger partial charge in [-0.15, -0.1) is 6.58 Å². The quantitative estimate of drug-likeness (QED) is 0.750. The summed E-state index contributed by atoms with van der Waals surface area (Å²) >= 11 is 1.67. The molecule has 2 aromatic rings. The zero-order valence-corrected chi connectivity index (χ0v) is 13.4. The van der Waals surface area contributed by atoms with Gasteiger partial charge >= 0.3 is 0 Å². The van der Waals surface area contributed by atoms with E-state index < -0.39 is 0 Å². The molecular weight excluding hydrogens is 294 g/mol. The first-order valence-corrected chi connectivity index (χ1v) is 7.85. The lowest BCUT2D eigenvalue weighted by molar-refractivity contribution is -0.116. The van der Waals surface area contributed by atoms with Crippen LogP contribution in [0.1, 0.15) is 12.8 Å². The second-order valence-corrected chi connectivity index (χ2v) is 5.82. The Morgan fingerprint density at radius 1 is 1.14 bits per heavy atom. The van der Waals surface area contributed by atoms with Gasteiger partial charge in [-0.25, -0.2) is 0 Å². The van der Waals surface area contributed by atoms with Crippen LogP contribution in [0.3, 0.4) is 0 Å². The lowest BCUT2D eigenvalue weighted by atomic mass is 10.2. The molecule has 0 fully saturated rings. The number of anilines is 1. The van der Waals surface area contributed by atoms with Gasteiger partial charge in [0.25, 0.3) is 0 Å². The molecule has 0 aromatic heterocycles. The van der Waals surface area contributed by atoms with Crippen molar-refractivity contribution in [1.82, 2.24) is 0 Å². The van der Waals surface area contributed by atoms with E-state index in [-0.39, 0.29) is 5.91 Å². The number of methoxy groups -OCH3 is 1. The maximum absolute atomic E-state index is 11.6. The summed E-state index contributed by atoms with van der Waals surface area (Å²) < 4.78 is 5.14. The molecule has 2 rings (SSSR count). The van der Waals surface area contributed by atoms with Crippen molar-refractivity contribution in [2.24, 2.45) is 0 Å². The maximum Gasteiger partial charge on any atom is 0.224 e. The number of nitrogens with one attached hydrogen (secondary N) is 1. The first kappa shape index (κ1) is 16.2. The van der Waals surface area contributed by atoms with Crippen molar-refractivity contribution in [2.45, 2.75) is 22.6 Å². The second-order valence-electron chi connectivity index (χ2n) is 4.68. The molecule has 2 aromatic carbocycles. The standard InChI is InChI=1S/C18H19NO2S/c1-3-4-5-18(20)19-14-6-10-16(11-7-14)22-17-12-8-15(21-2)9-13-17/h3,6-13H,1,4-5H2,2H3,(H,19,20). The third-order valence-corrected chi connectivity index (χ3v) is 4.02. The molecular formula is C18H19NO2S. The molecule has 0 saturated carbocycles. The summed E-state index contributed by atoms with van der Waals surface area (Å²) in [7, 11) is 1.66. The van der Waals surface area contributed by atoms with Crippen molar-refractivity contribution in [3.63, 3.8) is 0 Å². The fourth-order valence-corrected chi connectivity index (χ4v) is 2.66. The van der Waals surface area contributed by atoms with Gasteiger partial charge in [-0.1, -0.05) is 17.8 Å². The molecule has 0 unspecified atom stereocenters. The van der Waals surface area contributed by atoms with Gasteiger partial charge in [0.05, 0.1) is 7.11 Å². The van der Waals surface area contributed by atoms with Crippen molar-refractivity contribution in [3.8, 4) is 5.75 Å². The minimum Gasteiger partial charge on any atom is -0.497 e. The van der Waals surface area contributed by atoms with Crippen molar-refractivity contribution in [2.75, 3.05) is 12.4 Å². The van der Waals surface area contributed by atoms with Crippen molar-refractivity contribution < 1.29 is 9.53 Å². The third kappa shape index (κ3) is 4.97. The van der Waals surface area contributed by atoms with Crippen LogP contribution in [0.2, 0.25) is 0 Å². The molecule has 0 aliphatic carbocycles. The molecule has 0 aliphatic heterocycles. The SMILES string of the molecule is C=CCCC(=O)Nc1ccc(Sc2ccc(OC)cc2)cc1. The zero-order valence-electron chi connectivity index (χ0n) is 12.5. The number of hydrogen-bond acceptors (Lipinski definition) is 3. The zero-order chi connectivity index (χ0) is 15.8. The van der Waals surface area contributed by atoms with E-state index in [0.717, 1.165) is 21.2 Å². The Balaban J connectivity index is 1.93. The predicted octanol–water partition coefficient (Wildman–Crippen LogP) is 4.75. The Hall–Kier alpha value is -2.20. The van der Waals surface area contributed by atoms with Gasteiger partial charge in [-0.05, 0) is 55.0 Å². The largest absolute Gasteiger partial charge is 0.497 e. The maximum atomic E-state index is 11.6. The molecule has 0 bridgehead atoms. The van der Waals surface area contributed by atoms with Crippen LogP contribution in [0, 0.1) is 0 Å².